The van der Waals surface area contributed by atoms with E-state index >= 15 is 0 Å². The lowest BCUT2D eigenvalue weighted by Gasteiger charge is -2.26. The molecule has 0 bridgehead atoms. The SMILES string of the molecule is CC(C)n1ccnc(N2CCC(=O)CC2)c1=O. The highest BCUT2D eigenvalue weighted by molar-refractivity contribution is 5.80. The first-order valence-corrected chi connectivity index (χ1v) is 5.93. The highest BCUT2D eigenvalue weighted by Gasteiger charge is 2.20. The number of nitrogens with zero attached hydrogens (tertiary/aromatic N) is 3. The van der Waals surface area contributed by atoms with Gasteiger partial charge in [-0.2, -0.15) is 0 Å². The third-order valence-corrected chi connectivity index (χ3v) is 3.03. The molecule has 0 N–H and O–H groups in total. The molecular formula is C12H17N3O2. The van der Waals surface area contributed by atoms with Gasteiger partial charge in [0.1, 0.15) is 5.78 Å². The van der Waals surface area contributed by atoms with E-state index in [1.54, 1.807) is 17.0 Å². The zero-order chi connectivity index (χ0) is 12.4. The molecule has 17 heavy (non-hydrogen) atoms. The van der Waals surface area contributed by atoms with Gasteiger partial charge >= 0.3 is 0 Å². The molecule has 0 aliphatic carbocycles. The minimum Gasteiger partial charge on any atom is -0.351 e. The number of hydrogen-bond acceptors (Lipinski definition) is 4. The molecule has 2 rings (SSSR count). The highest BCUT2D eigenvalue weighted by Crippen LogP contribution is 2.12. The fourth-order valence-corrected chi connectivity index (χ4v) is 2.01. The van der Waals surface area contributed by atoms with Gasteiger partial charge in [-0.1, -0.05) is 0 Å². The molecule has 2 heterocycles. The molecule has 0 spiro atoms. The number of rotatable bonds is 2. The Hall–Kier alpha value is -1.65. The lowest BCUT2D eigenvalue weighted by Crippen LogP contribution is -2.39. The summed E-state index contributed by atoms with van der Waals surface area (Å²) in [5, 5.41) is 0. The summed E-state index contributed by atoms with van der Waals surface area (Å²) in [6.45, 7) is 5.13. The summed E-state index contributed by atoms with van der Waals surface area (Å²) in [4.78, 5) is 29.4. The minimum atomic E-state index is -0.0724. The van der Waals surface area contributed by atoms with Crippen molar-refractivity contribution < 1.29 is 4.79 Å². The molecule has 0 unspecified atom stereocenters. The number of ketones is 1. The van der Waals surface area contributed by atoms with Crippen LogP contribution in [-0.4, -0.2) is 28.4 Å². The first kappa shape index (κ1) is 11.8. The maximum atomic E-state index is 12.2. The van der Waals surface area contributed by atoms with Gasteiger partial charge in [0.25, 0.3) is 5.56 Å². The smallest absolute Gasteiger partial charge is 0.293 e. The van der Waals surface area contributed by atoms with Gasteiger partial charge in [0.15, 0.2) is 5.82 Å². The normalized spacial score (nSPS) is 16.6. The standard InChI is InChI=1S/C12H17N3O2/c1-9(2)15-8-5-13-11(12(15)17)14-6-3-10(16)4-7-14/h5,8-9H,3-4,6-7H2,1-2H3. The van der Waals surface area contributed by atoms with Gasteiger partial charge in [0.2, 0.25) is 0 Å². The summed E-state index contributed by atoms with van der Waals surface area (Å²) in [6, 6.07) is 0.121. The van der Waals surface area contributed by atoms with E-state index in [2.05, 4.69) is 4.98 Å². The summed E-state index contributed by atoms with van der Waals surface area (Å²) in [5.74, 6) is 0.732. The number of Topliss-reactive ketones (excluding diaryl/α,β-unsaturated/α-hetero) is 1. The van der Waals surface area contributed by atoms with Crippen LogP contribution in [0, 0.1) is 0 Å². The molecule has 0 atom stereocenters. The lowest BCUT2D eigenvalue weighted by atomic mass is 10.1. The molecule has 1 saturated heterocycles. The largest absolute Gasteiger partial charge is 0.351 e. The Bertz CT molecular complexity index is 469. The van der Waals surface area contributed by atoms with Crippen LogP contribution in [0.5, 0.6) is 0 Å². The van der Waals surface area contributed by atoms with Crippen molar-refractivity contribution in [2.45, 2.75) is 32.7 Å². The molecule has 1 aliphatic heterocycles. The molecule has 0 radical (unpaired) electrons. The molecule has 0 amide bonds. The summed E-state index contributed by atoms with van der Waals surface area (Å²) >= 11 is 0. The number of piperidine rings is 1. The fraction of sp³-hybridized carbons (Fsp3) is 0.583. The van der Waals surface area contributed by atoms with Crippen molar-refractivity contribution in [2.24, 2.45) is 0 Å². The van der Waals surface area contributed by atoms with Crippen molar-refractivity contribution in [3.05, 3.63) is 22.7 Å². The van der Waals surface area contributed by atoms with E-state index in [1.165, 1.54) is 0 Å². The van der Waals surface area contributed by atoms with E-state index in [4.69, 9.17) is 0 Å². The second-order valence-electron chi connectivity index (χ2n) is 4.58. The molecule has 1 fully saturated rings. The molecule has 92 valence electrons. The van der Waals surface area contributed by atoms with Gasteiger partial charge in [-0.3, -0.25) is 9.59 Å². The fourth-order valence-electron chi connectivity index (χ4n) is 2.01. The Morgan fingerprint density at radius 3 is 2.47 bits per heavy atom. The van der Waals surface area contributed by atoms with Crippen LogP contribution in [0.15, 0.2) is 17.2 Å². The number of anilines is 1. The van der Waals surface area contributed by atoms with E-state index in [9.17, 15) is 9.59 Å². The van der Waals surface area contributed by atoms with Gasteiger partial charge in [0.05, 0.1) is 0 Å². The number of carbonyl (C=O) groups is 1. The monoisotopic (exact) mass is 235 g/mol. The molecule has 0 saturated carbocycles. The van der Waals surface area contributed by atoms with Gasteiger partial charge < -0.3 is 9.47 Å². The summed E-state index contributed by atoms with van der Waals surface area (Å²) in [6.07, 6.45) is 4.37. The lowest BCUT2D eigenvalue weighted by molar-refractivity contribution is -0.119. The van der Waals surface area contributed by atoms with E-state index < -0.39 is 0 Å². The van der Waals surface area contributed by atoms with Crippen molar-refractivity contribution in [2.75, 3.05) is 18.0 Å². The third kappa shape index (κ3) is 2.38. The Balaban J connectivity index is 2.30. The summed E-state index contributed by atoms with van der Waals surface area (Å²) < 4.78 is 1.67. The first-order valence-electron chi connectivity index (χ1n) is 5.93. The summed E-state index contributed by atoms with van der Waals surface area (Å²) in [7, 11) is 0. The average molecular weight is 235 g/mol. The van der Waals surface area contributed by atoms with Crippen molar-refractivity contribution in [1.82, 2.24) is 9.55 Å². The second kappa shape index (κ2) is 4.69. The highest BCUT2D eigenvalue weighted by atomic mass is 16.1. The van der Waals surface area contributed by atoms with Crippen LogP contribution < -0.4 is 10.5 Å². The van der Waals surface area contributed by atoms with E-state index in [1.807, 2.05) is 18.7 Å². The first-order chi connectivity index (χ1) is 8.09. The topological polar surface area (TPSA) is 55.2 Å². The van der Waals surface area contributed by atoms with Gasteiger partial charge in [-0.05, 0) is 13.8 Å². The average Bonchev–Trinajstić information content (AvgIpc) is 2.30. The molecule has 1 aromatic heterocycles. The van der Waals surface area contributed by atoms with E-state index in [0.717, 1.165) is 0 Å². The molecule has 5 nitrogen and oxygen atoms in total. The molecule has 5 heteroatoms. The third-order valence-electron chi connectivity index (χ3n) is 3.03. The molecular weight excluding hydrogens is 218 g/mol. The predicted octanol–water partition coefficient (Wildman–Crippen LogP) is 0.994. The van der Waals surface area contributed by atoms with Gasteiger partial charge in [-0.15, -0.1) is 0 Å². The van der Waals surface area contributed by atoms with E-state index in [-0.39, 0.29) is 17.4 Å². The quantitative estimate of drug-likeness (QED) is 0.767. The maximum Gasteiger partial charge on any atom is 0.293 e. The van der Waals surface area contributed by atoms with Crippen molar-refractivity contribution in [3.8, 4) is 0 Å². The van der Waals surface area contributed by atoms with Crippen molar-refractivity contribution in [3.63, 3.8) is 0 Å². The number of aromatic nitrogens is 2. The predicted molar refractivity (Wildman–Crippen MR) is 65.3 cm³/mol. The van der Waals surface area contributed by atoms with Crippen LogP contribution >= 0.6 is 0 Å². The molecule has 1 aromatic rings. The van der Waals surface area contributed by atoms with Gasteiger partial charge in [-0.25, -0.2) is 4.98 Å². The Morgan fingerprint density at radius 2 is 1.88 bits per heavy atom. The Morgan fingerprint density at radius 1 is 1.24 bits per heavy atom. The van der Waals surface area contributed by atoms with E-state index in [0.29, 0.717) is 31.7 Å². The van der Waals surface area contributed by atoms with Crippen LogP contribution in [0.3, 0.4) is 0 Å². The van der Waals surface area contributed by atoms with Crippen molar-refractivity contribution in [1.29, 1.82) is 0 Å². The molecule has 0 aromatic carbocycles. The van der Waals surface area contributed by atoms with Crippen LogP contribution in [0.25, 0.3) is 0 Å². The minimum absolute atomic E-state index is 0.0724. The zero-order valence-corrected chi connectivity index (χ0v) is 10.2. The van der Waals surface area contributed by atoms with Crippen molar-refractivity contribution >= 4 is 11.6 Å². The van der Waals surface area contributed by atoms with Gasteiger partial charge in [0, 0.05) is 44.4 Å². The van der Waals surface area contributed by atoms with Crippen LogP contribution in [0.2, 0.25) is 0 Å². The number of hydrogen-bond donors (Lipinski definition) is 0. The second-order valence-corrected chi connectivity index (χ2v) is 4.58. The molecule has 1 aliphatic rings. The Labute approximate surface area is 100 Å². The maximum absolute atomic E-state index is 12.2. The summed E-state index contributed by atoms with van der Waals surface area (Å²) in [5.41, 5.74) is -0.0724. The zero-order valence-electron chi connectivity index (χ0n) is 10.2. The Kier molecular flexibility index (Phi) is 3.26. The van der Waals surface area contributed by atoms with Crippen LogP contribution in [0.4, 0.5) is 5.82 Å². The number of carbonyl (C=O) groups excluding carboxylic acids is 1. The van der Waals surface area contributed by atoms with Crippen LogP contribution in [0.1, 0.15) is 32.7 Å². The van der Waals surface area contributed by atoms with Crippen LogP contribution in [-0.2, 0) is 4.79 Å².